The van der Waals surface area contributed by atoms with Crippen LogP contribution in [0.1, 0.15) is 5.56 Å². The Balaban J connectivity index is 2.54. The Morgan fingerprint density at radius 2 is 0.442 bits per heavy atom. The van der Waals surface area contributed by atoms with E-state index < -0.39 is 138 Å². The van der Waals surface area contributed by atoms with Gasteiger partial charge in [-0.3, -0.25) is 0 Å². The molecule has 0 atom stereocenters. The van der Waals surface area contributed by atoms with Crippen molar-refractivity contribution >= 4 is 0 Å². The second-order valence-corrected chi connectivity index (χ2v) is 8.07. The van der Waals surface area contributed by atoms with Gasteiger partial charge in [-0.2, -0.15) is 5.26 Å². The average molecular weight is 637 g/mol. The molecule has 43 heavy (non-hydrogen) atoms. The molecule has 0 fully saturated rings. The molecular weight excluding hydrogens is 637 g/mol. The van der Waals surface area contributed by atoms with Gasteiger partial charge in [0.05, 0.1) is 22.3 Å². The summed E-state index contributed by atoms with van der Waals surface area (Å²) in [5.41, 5.74) is -18.5. The zero-order valence-corrected chi connectivity index (χ0v) is 19.4. The fourth-order valence-electron chi connectivity index (χ4n) is 4.00. The van der Waals surface area contributed by atoms with Crippen LogP contribution in [-0.2, 0) is 0 Å². The van der Waals surface area contributed by atoms with Crippen LogP contribution in [0.3, 0.4) is 0 Å². The zero-order valence-electron chi connectivity index (χ0n) is 19.4. The zero-order chi connectivity index (χ0) is 32.6. The third-order valence-corrected chi connectivity index (χ3v) is 5.87. The van der Waals surface area contributed by atoms with E-state index >= 15 is 8.78 Å². The lowest BCUT2D eigenvalue weighted by Crippen LogP contribution is -2.13. The quantitative estimate of drug-likeness (QED) is 0.125. The van der Waals surface area contributed by atoms with Crippen LogP contribution in [0.15, 0.2) is 0 Å². The van der Waals surface area contributed by atoms with Gasteiger partial charge < -0.3 is 0 Å². The summed E-state index contributed by atoms with van der Waals surface area (Å²) in [6.45, 7) is 0. The van der Waals surface area contributed by atoms with E-state index in [-0.39, 0.29) is 0 Å². The Labute approximate surface area is 224 Å². The Kier molecular flexibility index (Phi) is 7.58. The molecule has 0 N–H and O–H groups in total. The molecule has 4 rings (SSSR count). The lowest BCUT2D eigenvalue weighted by atomic mass is 9.82. The van der Waals surface area contributed by atoms with Gasteiger partial charge in [-0.05, 0) is 0 Å². The number of rotatable bonds is 3. The minimum absolute atomic E-state index is 0.552. The van der Waals surface area contributed by atoms with Gasteiger partial charge in [0.2, 0.25) is 17.5 Å². The number of halogens is 17. The number of hydrogen-bond acceptors (Lipinski definition) is 1. The summed E-state index contributed by atoms with van der Waals surface area (Å²) in [6, 6.07) is 0.552. The molecule has 0 saturated carbocycles. The van der Waals surface area contributed by atoms with Crippen molar-refractivity contribution in [2.24, 2.45) is 0 Å². The highest BCUT2D eigenvalue weighted by molar-refractivity contribution is 5.98. The Morgan fingerprint density at radius 3 is 0.721 bits per heavy atom. The molecule has 0 saturated heterocycles. The molecule has 0 aliphatic heterocycles. The minimum Gasteiger partial charge on any atom is -0.203 e. The smallest absolute Gasteiger partial charge is 0.200 e. The van der Waals surface area contributed by atoms with Crippen LogP contribution in [0, 0.1) is 110 Å². The molecule has 224 valence electrons. The fraction of sp³-hybridized carbons (Fsp3) is 0. The van der Waals surface area contributed by atoms with E-state index in [2.05, 4.69) is 0 Å². The first-order valence-corrected chi connectivity index (χ1v) is 10.4. The average Bonchev–Trinajstić information content (AvgIpc) is 2.98. The maximum atomic E-state index is 15.4. The summed E-state index contributed by atoms with van der Waals surface area (Å²) in [7, 11) is 0. The van der Waals surface area contributed by atoms with E-state index in [9.17, 15) is 71.1 Å². The summed E-state index contributed by atoms with van der Waals surface area (Å²) >= 11 is 0. The maximum absolute atomic E-state index is 15.4. The van der Waals surface area contributed by atoms with Crippen LogP contribution in [0.4, 0.5) is 74.6 Å². The highest BCUT2D eigenvalue weighted by Gasteiger charge is 2.40. The lowest BCUT2D eigenvalue weighted by molar-refractivity contribution is 0.379. The molecule has 0 bridgehead atoms. The van der Waals surface area contributed by atoms with Gasteiger partial charge in [-0.1, -0.05) is 0 Å². The normalized spacial score (nSPS) is 11.3. The number of nitrogens with zero attached hydrogens (tertiary/aromatic N) is 1. The number of hydrogen-bond donors (Lipinski definition) is 0. The van der Waals surface area contributed by atoms with Crippen LogP contribution < -0.4 is 0 Å². The molecule has 0 radical (unpaired) electrons. The monoisotopic (exact) mass is 637 g/mol. The van der Waals surface area contributed by atoms with Crippen molar-refractivity contribution in [2.75, 3.05) is 0 Å². The van der Waals surface area contributed by atoms with Crippen molar-refractivity contribution < 1.29 is 74.6 Å². The van der Waals surface area contributed by atoms with Crippen molar-refractivity contribution in [3.8, 4) is 39.4 Å². The summed E-state index contributed by atoms with van der Waals surface area (Å²) < 4.78 is 245. The minimum atomic E-state index is -3.15. The molecular formula is C25F17N. The molecule has 1 nitrogen and oxygen atoms in total. The van der Waals surface area contributed by atoms with Crippen molar-refractivity contribution in [3.63, 3.8) is 0 Å². The van der Waals surface area contributed by atoms with E-state index in [1.165, 1.54) is 0 Å². The van der Waals surface area contributed by atoms with E-state index in [1.54, 1.807) is 0 Å². The van der Waals surface area contributed by atoms with E-state index in [1.807, 2.05) is 0 Å². The highest BCUT2D eigenvalue weighted by Crippen LogP contribution is 2.50. The van der Waals surface area contributed by atoms with Gasteiger partial charge in [-0.25, -0.2) is 74.6 Å². The van der Waals surface area contributed by atoms with Crippen LogP contribution in [0.5, 0.6) is 0 Å². The van der Waals surface area contributed by atoms with Gasteiger partial charge in [0.1, 0.15) is 6.07 Å². The molecule has 0 heterocycles. The summed E-state index contributed by atoms with van der Waals surface area (Å²) in [5.74, 6) is -52.3. The van der Waals surface area contributed by atoms with Gasteiger partial charge in [0.25, 0.3) is 0 Å². The molecule has 0 amide bonds. The van der Waals surface area contributed by atoms with Crippen molar-refractivity contribution in [1.82, 2.24) is 0 Å². The fourth-order valence-corrected chi connectivity index (χ4v) is 4.00. The Bertz CT molecular complexity index is 1870. The van der Waals surface area contributed by atoms with Crippen LogP contribution in [-0.4, -0.2) is 0 Å². The topological polar surface area (TPSA) is 23.8 Å². The van der Waals surface area contributed by atoms with E-state index in [0.717, 1.165) is 0 Å². The van der Waals surface area contributed by atoms with Crippen LogP contribution >= 0.6 is 0 Å². The summed E-state index contributed by atoms with van der Waals surface area (Å²) in [6.07, 6.45) is 0. The first-order valence-electron chi connectivity index (χ1n) is 10.4. The number of nitriles is 1. The van der Waals surface area contributed by atoms with Crippen LogP contribution in [0.2, 0.25) is 0 Å². The highest BCUT2D eigenvalue weighted by atomic mass is 19.2. The number of benzene rings is 4. The van der Waals surface area contributed by atoms with E-state index in [4.69, 9.17) is 0 Å². The van der Waals surface area contributed by atoms with Crippen molar-refractivity contribution in [2.45, 2.75) is 0 Å². The van der Waals surface area contributed by atoms with Gasteiger partial charge in [-0.15, -0.1) is 0 Å². The predicted octanol–water partition coefficient (Wildman–Crippen LogP) is 8.92. The lowest BCUT2D eigenvalue weighted by Gasteiger charge is -2.22. The first-order chi connectivity index (χ1) is 19.9. The summed E-state index contributed by atoms with van der Waals surface area (Å²) in [5, 5.41) is 9.34. The first kappa shape index (κ1) is 31.1. The SMILES string of the molecule is N#Cc1c(F)c(F)c(-c2c(F)c(F)c(F)c(F)c2F)c(-c2c(F)c(F)c(F)c(F)c2F)c1-c1c(F)c(F)c(F)c(F)c1F. The van der Waals surface area contributed by atoms with Crippen LogP contribution in [0.25, 0.3) is 33.4 Å². The largest absolute Gasteiger partial charge is 0.203 e. The molecule has 0 spiro atoms. The molecule has 0 aromatic heterocycles. The third-order valence-electron chi connectivity index (χ3n) is 5.87. The van der Waals surface area contributed by atoms with Crippen molar-refractivity contribution in [3.05, 3.63) is 104 Å². The molecule has 4 aromatic rings. The maximum Gasteiger partial charge on any atom is 0.200 e. The van der Waals surface area contributed by atoms with Crippen molar-refractivity contribution in [1.29, 1.82) is 5.26 Å². The molecule has 0 unspecified atom stereocenters. The van der Waals surface area contributed by atoms with Gasteiger partial charge >= 0.3 is 0 Å². The van der Waals surface area contributed by atoms with E-state index in [0.29, 0.717) is 6.07 Å². The van der Waals surface area contributed by atoms with Gasteiger partial charge in [0, 0.05) is 16.7 Å². The second kappa shape index (κ2) is 10.5. The Hall–Kier alpha value is -4.82. The molecule has 0 aliphatic rings. The standard InChI is InChI=1S/C25F17N/c26-9-2(1-43)3(6-11(28)17(34)23(40)18(35)12(6)29)4(7-13(30)19(36)24(41)20(37)14(7)31)5(10(9)27)8-15(32)21(38)25(42)22(39)16(8)33. The molecule has 4 aromatic carbocycles. The molecule has 18 heteroatoms. The second-order valence-electron chi connectivity index (χ2n) is 8.07. The summed E-state index contributed by atoms with van der Waals surface area (Å²) in [4.78, 5) is 0. The Morgan fingerprint density at radius 1 is 0.233 bits per heavy atom. The predicted molar refractivity (Wildman–Crippen MR) is 107 cm³/mol. The third kappa shape index (κ3) is 4.16. The molecule has 0 aliphatic carbocycles. The van der Waals surface area contributed by atoms with Gasteiger partial charge in [0.15, 0.2) is 81.4 Å².